The molecule has 3 aromatic rings. The molecular formula is C16H17N3OS. The van der Waals surface area contributed by atoms with Crippen LogP contribution in [0.4, 0.5) is 0 Å². The largest absolute Gasteiger partial charge is 0.376 e. The molecule has 1 aliphatic rings. The number of fused-ring (bicyclic) bond motifs is 3. The van der Waals surface area contributed by atoms with Crippen LogP contribution in [0.2, 0.25) is 0 Å². The molecule has 0 spiro atoms. The van der Waals surface area contributed by atoms with Crippen LogP contribution in [0, 0.1) is 4.77 Å². The van der Waals surface area contributed by atoms with E-state index in [0.717, 1.165) is 46.3 Å². The Balaban J connectivity index is 1.88. The number of nitrogens with one attached hydrogen (secondary N) is 1. The molecule has 0 saturated carbocycles. The zero-order chi connectivity index (χ0) is 14.2. The molecule has 1 aromatic carbocycles. The van der Waals surface area contributed by atoms with Gasteiger partial charge in [0.1, 0.15) is 0 Å². The molecule has 1 fully saturated rings. The third kappa shape index (κ3) is 2.26. The highest BCUT2D eigenvalue weighted by Gasteiger charge is 2.17. The lowest BCUT2D eigenvalue weighted by Crippen LogP contribution is -2.24. The van der Waals surface area contributed by atoms with E-state index >= 15 is 0 Å². The van der Waals surface area contributed by atoms with Gasteiger partial charge in [0.2, 0.25) is 0 Å². The van der Waals surface area contributed by atoms with E-state index < -0.39 is 0 Å². The summed E-state index contributed by atoms with van der Waals surface area (Å²) in [6.07, 6.45) is 5.64. The Kier molecular flexibility index (Phi) is 3.24. The van der Waals surface area contributed by atoms with Gasteiger partial charge in [-0.25, -0.2) is 0 Å². The van der Waals surface area contributed by atoms with Gasteiger partial charge in [-0.3, -0.25) is 4.98 Å². The molecule has 1 atom stereocenters. The van der Waals surface area contributed by atoms with Crippen LogP contribution in [-0.4, -0.2) is 27.2 Å². The third-order valence-electron chi connectivity index (χ3n) is 4.16. The maximum Gasteiger partial charge on any atom is 0.178 e. The summed E-state index contributed by atoms with van der Waals surface area (Å²) in [5.41, 5.74) is 3.13. The van der Waals surface area contributed by atoms with E-state index in [1.807, 2.05) is 24.4 Å². The quantitative estimate of drug-likeness (QED) is 0.732. The summed E-state index contributed by atoms with van der Waals surface area (Å²) in [6, 6.07) is 8.19. The maximum absolute atomic E-state index is 5.87. The second-order valence-corrected chi connectivity index (χ2v) is 5.95. The highest BCUT2D eigenvalue weighted by atomic mass is 32.1. The molecule has 108 valence electrons. The van der Waals surface area contributed by atoms with Crippen molar-refractivity contribution in [1.82, 2.24) is 14.5 Å². The van der Waals surface area contributed by atoms with Crippen LogP contribution in [-0.2, 0) is 11.3 Å². The zero-order valence-electron chi connectivity index (χ0n) is 11.7. The molecule has 1 N–H and O–H groups in total. The van der Waals surface area contributed by atoms with Crippen molar-refractivity contribution in [3.8, 4) is 0 Å². The number of H-pyrrole nitrogens is 1. The third-order valence-corrected chi connectivity index (χ3v) is 4.49. The smallest absolute Gasteiger partial charge is 0.178 e. The second-order valence-electron chi connectivity index (χ2n) is 5.57. The summed E-state index contributed by atoms with van der Waals surface area (Å²) in [4.78, 5) is 7.76. The van der Waals surface area contributed by atoms with Gasteiger partial charge in [-0.15, -0.1) is 0 Å². The number of benzene rings is 1. The molecule has 1 unspecified atom stereocenters. The molecule has 0 radical (unpaired) electrons. The minimum absolute atomic E-state index is 0.261. The predicted molar refractivity (Wildman–Crippen MR) is 86.0 cm³/mol. The van der Waals surface area contributed by atoms with Crippen molar-refractivity contribution in [2.24, 2.45) is 0 Å². The molecule has 2 aromatic heterocycles. The first-order valence-electron chi connectivity index (χ1n) is 7.41. The summed E-state index contributed by atoms with van der Waals surface area (Å²) in [5, 5.41) is 1.14. The highest BCUT2D eigenvalue weighted by Crippen LogP contribution is 2.25. The van der Waals surface area contributed by atoms with E-state index in [9.17, 15) is 0 Å². The lowest BCUT2D eigenvalue weighted by atomic mass is 10.1. The molecule has 4 nitrogen and oxygen atoms in total. The van der Waals surface area contributed by atoms with Gasteiger partial charge in [-0.1, -0.05) is 18.2 Å². The van der Waals surface area contributed by atoms with Crippen LogP contribution >= 0.6 is 12.2 Å². The van der Waals surface area contributed by atoms with Crippen LogP contribution in [0.15, 0.2) is 30.5 Å². The highest BCUT2D eigenvalue weighted by molar-refractivity contribution is 7.71. The van der Waals surface area contributed by atoms with Gasteiger partial charge in [-0.05, 0) is 37.5 Å². The van der Waals surface area contributed by atoms with Crippen LogP contribution in [0.3, 0.4) is 0 Å². The van der Waals surface area contributed by atoms with Crippen molar-refractivity contribution in [2.75, 3.05) is 6.61 Å². The molecule has 21 heavy (non-hydrogen) atoms. The van der Waals surface area contributed by atoms with Crippen molar-refractivity contribution in [2.45, 2.75) is 31.9 Å². The minimum Gasteiger partial charge on any atom is -0.376 e. The fraction of sp³-hybridized carbons (Fsp3) is 0.375. The molecule has 0 bridgehead atoms. The summed E-state index contributed by atoms with van der Waals surface area (Å²) in [5.74, 6) is 0. The number of hydrogen-bond acceptors (Lipinski definition) is 3. The van der Waals surface area contributed by atoms with E-state index in [0.29, 0.717) is 0 Å². The van der Waals surface area contributed by atoms with Gasteiger partial charge in [-0.2, -0.15) is 0 Å². The standard InChI is InChI=1S/C16H17N3OS/c21-16-18-14-9-17-13-7-2-1-6-12(13)15(14)19(16)10-11-5-3-4-8-20-11/h1-2,6-7,9,11H,3-5,8,10H2,(H,18,21). The Labute approximate surface area is 127 Å². The lowest BCUT2D eigenvalue weighted by Gasteiger charge is -2.23. The summed E-state index contributed by atoms with van der Waals surface area (Å²) < 4.78 is 8.79. The van der Waals surface area contributed by atoms with E-state index in [2.05, 4.69) is 20.6 Å². The van der Waals surface area contributed by atoms with Crippen molar-refractivity contribution in [3.63, 3.8) is 0 Å². The van der Waals surface area contributed by atoms with Gasteiger partial charge in [0.25, 0.3) is 0 Å². The van der Waals surface area contributed by atoms with E-state index in [4.69, 9.17) is 17.0 Å². The number of rotatable bonds is 2. The first-order chi connectivity index (χ1) is 10.3. The number of ether oxygens (including phenoxy) is 1. The van der Waals surface area contributed by atoms with Crippen LogP contribution < -0.4 is 0 Å². The van der Waals surface area contributed by atoms with Gasteiger partial charge < -0.3 is 14.3 Å². The van der Waals surface area contributed by atoms with E-state index in [1.54, 1.807) is 0 Å². The SMILES string of the molecule is S=c1[nH]c2cnc3ccccc3c2n1CC1CCCCO1. The Morgan fingerprint density at radius 3 is 3.10 bits per heavy atom. The Morgan fingerprint density at radius 2 is 2.24 bits per heavy atom. The van der Waals surface area contributed by atoms with Crippen LogP contribution in [0.5, 0.6) is 0 Å². The molecule has 1 saturated heterocycles. The van der Waals surface area contributed by atoms with Crippen LogP contribution in [0.25, 0.3) is 21.9 Å². The van der Waals surface area contributed by atoms with Crippen molar-refractivity contribution < 1.29 is 4.74 Å². The monoisotopic (exact) mass is 299 g/mol. The normalized spacial score (nSPS) is 19.3. The molecule has 1 aliphatic heterocycles. The first-order valence-corrected chi connectivity index (χ1v) is 7.81. The predicted octanol–water partition coefficient (Wildman–Crippen LogP) is 3.82. The average molecular weight is 299 g/mol. The number of imidazole rings is 1. The van der Waals surface area contributed by atoms with Crippen LogP contribution in [0.1, 0.15) is 19.3 Å². The summed E-state index contributed by atoms with van der Waals surface area (Å²) in [6.45, 7) is 1.68. The van der Waals surface area contributed by atoms with E-state index in [1.165, 1.54) is 12.8 Å². The first kappa shape index (κ1) is 13.0. The molecular weight excluding hydrogens is 282 g/mol. The van der Waals surface area contributed by atoms with Gasteiger partial charge in [0.05, 0.1) is 35.4 Å². The van der Waals surface area contributed by atoms with Crippen molar-refractivity contribution >= 4 is 34.2 Å². The number of pyridine rings is 1. The maximum atomic E-state index is 5.87. The summed E-state index contributed by atoms with van der Waals surface area (Å²) >= 11 is 5.51. The second kappa shape index (κ2) is 5.24. The number of hydrogen-bond donors (Lipinski definition) is 1. The fourth-order valence-electron chi connectivity index (χ4n) is 3.12. The van der Waals surface area contributed by atoms with E-state index in [-0.39, 0.29) is 6.10 Å². The summed E-state index contributed by atoms with van der Waals surface area (Å²) in [7, 11) is 0. The molecule has 3 heterocycles. The average Bonchev–Trinajstić information content (AvgIpc) is 2.85. The fourth-order valence-corrected chi connectivity index (χ4v) is 3.40. The number of para-hydroxylation sites is 1. The van der Waals surface area contributed by atoms with Crippen molar-refractivity contribution in [3.05, 3.63) is 35.2 Å². The van der Waals surface area contributed by atoms with Gasteiger partial charge in [0, 0.05) is 12.0 Å². The Morgan fingerprint density at radius 1 is 1.33 bits per heavy atom. The lowest BCUT2D eigenvalue weighted by molar-refractivity contribution is 0.00644. The molecule has 5 heteroatoms. The topological polar surface area (TPSA) is 42.8 Å². The molecule has 4 rings (SSSR count). The number of aromatic amines is 1. The Bertz CT molecular complexity index is 845. The Hall–Kier alpha value is -1.72. The van der Waals surface area contributed by atoms with Crippen molar-refractivity contribution in [1.29, 1.82) is 0 Å². The zero-order valence-corrected chi connectivity index (χ0v) is 12.5. The van der Waals surface area contributed by atoms with Gasteiger partial charge >= 0.3 is 0 Å². The minimum atomic E-state index is 0.261. The van der Waals surface area contributed by atoms with Gasteiger partial charge in [0.15, 0.2) is 4.77 Å². The molecule has 0 aliphatic carbocycles. The number of nitrogens with zero attached hydrogens (tertiary/aromatic N) is 2. The number of aromatic nitrogens is 3. The molecule has 0 amide bonds.